The van der Waals surface area contributed by atoms with Crippen LogP contribution in [0.1, 0.15) is 39.5 Å². The molecular formula is C22H35ClN4O2+2. The molecule has 4 N–H and O–H groups in total. The maximum atomic E-state index is 12.7. The second kappa shape index (κ2) is 10.4. The summed E-state index contributed by atoms with van der Waals surface area (Å²) >= 11 is 6.11. The van der Waals surface area contributed by atoms with Crippen LogP contribution in [-0.2, 0) is 9.59 Å². The number of hydrogen-bond acceptors (Lipinski definition) is 2. The molecule has 2 aliphatic rings. The number of benzene rings is 1. The van der Waals surface area contributed by atoms with Crippen LogP contribution in [-0.4, -0.2) is 56.6 Å². The van der Waals surface area contributed by atoms with Crippen LogP contribution in [0, 0.1) is 5.92 Å². The van der Waals surface area contributed by atoms with Crippen molar-refractivity contribution in [3.05, 3.63) is 29.3 Å². The molecule has 1 saturated carbocycles. The van der Waals surface area contributed by atoms with Gasteiger partial charge in [0.25, 0.3) is 11.8 Å². The van der Waals surface area contributed by atoms with Gasteiger partial charge in [-0.25, -0.2) is 0 Å². The molecule has 2 amide bonds. The van der Waals surface area contributed by atoms with Crippen LogP contribution in [0.3, 0.4) is 0 Å². The number of anilines is 1. The summed E-state index contributed by atoms with van der Waals surface area (Å²) in [5.41, 5.74) is 0.657. The third-order valence-corrected chi connectivity index (χ3v) is 6.93. The van der Waals surface area contributed by atoms with Gasteiger partial charge in [0.15, 0.2) is 12.6 Å². The first-order chi connectivity index (χ1) is 13.9. The van der Waals surface area contributed by atoms with Gasteiger partial charge >= 0.3 is 0 Å². The van der Waals surface area contributed by atoms with Crippen molar-refractivity contribution in [1.82, 2.24) is 5.32 Å². The monoisotopic (exact) mass is 422 g/mol. The minimum Gasteiger partial charge on any atom is -0.348 e. The van der Waals surface area contributed by atoms with Crippen molar-refractivity contribution in [2.45, 2.75) is 51.6 Å². The normalized spacial score (nSPS) is 28.4. The molecule has 7 heteroatoms. The average Bonchev–Trinajstić information content (AvgIpc) is 2.71. The van der Waals surface area contributed by atoms with Crippen LogP contribution >= 0.6 is 11.6 Å². The van der Waals surface area contributed by atoms with Crippen LogP contribution in [0.2, 0.25) is 5.02 Å². The summed E-state index contributed by atoms with van der Waals surface area (Å²) in [5.74, 6) is 0.736. The van der Waals surface area contributed by atoms with Crippen LogP contribution in [0.25, 0.3) is 0 Å². The third kappa shape index (κ3) is 6.17. The third-order valence-electron chi connectivity index (χ3n) is 6.60. The minimum absolute atomic E-state index is 0.0198. The second-order valence-electron chi connectivity index (χ2n) is 8.71. The highest BCUT2D eigenvalue weighted by Crippen LogP contribution is 2.23. The number of piperazine rings is 1. The number of amides is 2. The Morgan fingerprint density at radius 2 is 1.83 bits per heavy atom. The van der Waals surface area contributed by atoms with Gasteiger partial charge in [-0.15, -0.1) is 0 Å². The van der Waals surface area contributed by atoms with E-state index >= 15 is 0 Å². The van der Waals surface area contributed by atoms with Gasteiger partial charge in [0.2, 0.25) is 0 Å². The molecule has 160 valence electrons. The molecule has 0 bridgehead atoms. The predicted octanol–water partition coefficient (Wildman–Crippen LogP) is 0.145. The van der Waals surface area contributed by atoms with E-state index in [1.54, 1.807) is 6.07 Å². The number of hydrogen-bond donors (Lipinski definition) is 4. The van der Waals surface area contributed by atoms with Crippen molar-refractivity contribution >= 4 is 29.1 Å². The smallest absolute Gasteiger partial charge is 0.279 e. The Hall–Kier alpha value is -1.63. The topological polar surface area (TPSA) is 67.1 Å². The standard InChI is InChI=1S/C22H33ClN4O2/c1-16-7-3-5-9-19(16)25-22(29)17(2)27-13-11-26(12-14-27)15-21(28)24-20-10-6-4-8-18(20)23/h4,6,8,10,16-17,19H,3,5,7,9,11-15H2,1-2H3,(H,24,28)(H,25,29)/p+2/t16-,17-,19-/m1/s1. The van der Waals surface area contributed by atoms with Crippen molar-refractivity contribution in [2.24, 2.45) is 5.92 Å². The van der Waals surface area contributed by atoms with E-state index in [1.165, 1.54) is 29.1 Å². The number of carbonyl (C=O) groups excluding carboxylic acids is 2. The Bertz CT molecular complexity index is 706. The van der Waals surface area contributed by atoms with Crippen molar-refractivity contribution in [3.63, 3.8) is 0 Å². The number of para-hydroxylation sites is 1. The number of halogens is 1. The van der Waals surface area contributed by atoms with Gasteiger partial charge < -0.3 is 20.4 Å². The number of carbonyl (C=O) groups is 2. The van der Waals surface area contributed by atoms with Gasteiger partial charge in [-0.05, 0) is 37.8 Å². The molecule has 0 unspecified atom stereocenters. The summed E-state index contributed by atoms with van der Waals surface area (Å²) in [7, 11) is 0. The van der Waals surface area contributed by atoms with E-state index in [1.807, 2.05) is 25.1 Å². The zero-order valence-electron chi connectivity index (χ0n) is 17.6. The molecule has 1 saturated heterocycles. The van der Waals surface area contributed by atoms with E-state index in [9.17, 15) is 9.59 Å². The Morgan fingerprint density at radius 1 is 1.14 bits per heavy atom. The first-order valence-corrected chi connectivity index (χ1v) is 11.3. The lowest BCUT2D eigenvalue weighted by Crippen LogP contribution is -3.30. The summed E-state index contributed by atoms with van der Waals surface area (Å²) in [6.07, 6.45) is 4.82. The summed E-state index contributed by atoms with van der Waals surface area (Å²) in [5, 5.41) is 6.75. The molecule has 2 fully saturated rings. The highest BCUT2D eigenvalue weighted by atomic mass is 35.5. The fraction of sp³-hybridized carbons (Fsp3) is 0.636. The Kier molecular flexibility index (Phi) is 7.92. The average molecular weight is 423 g/mol. The number of rotatable bonds is 6. The fourth-order valence-electron chi connectivity index (χ4n) is 4.54. The Morgan fingerprint density at radius 3 is 2.52 bits per heavy atom. The van der Waals surface area contributed by atoms with Crippen LogP contribution in [0.5, 0.6) is 0 Å². The maximum absolute atomic E-state index is 12.7. The molecule has 29 heavy (non-hydrogen) atoms. The number of quaternary nitrogens is 2. The molecule has 0 spiro atoms. The van der Waals surface area contributed by atoms with Gasteiger partial charge in [-0.3, -0.25) is 9.59 Å². The Balaban J connectivity index is 1.41. The van der Waals surface area contributed by atoms with E-state index in [0.29, 0.717) is 29.2 Å². The molecule has 1 aromatic carbocycles. The summed E-state index contributed by atoms with van der Waals surface area (Å²) < 4.78 is 0. The van der Waals surface area contributed by atoms with Crippen molar-refractivity contribution in [3.8, 4) is 0 Å². The molecule has 1 aliphatic carbocycles. The van der Waals surface area contributed by atoms with Crippen LogP contribution < -0.4 is 20.4 Å². The van der Waals surface area contributed by atoms with Crippen molar-refractivity contribution < 1.29 is 19.4 Å². The van der Waals surface area contributed by atoms with E-state index in [4.69, 9.17) is 11.6 Å². The van der Waals surface area contributed by atoms with Crippen LogP contribution in [0.15, 0.2) is 24.3 Å². The zero-order chi connectivity index (χ0) is 20.8. The van der Waals surface area contributed by atoms with E-state index in [-0.39, 0.29) is 17.9 Å². The molecule has 3 atom stereocenters. The predicted molar refractivity (Wildman–Crippen MR) is 115 cm³/mol. The van der Waals surface area contributed by atoms with Gasteiger partial charge in [-0.1, -0.05) is 43.5 Å². The highest BCUT2D eigenvalue weighted by molar-refractivity contribution is 6.33. The lowest BCUT2D eigenvalue weighted by Gasteiger charge is -2.34. The lowest BCUT2D eigenvalue weighted by atomic mass is 9.86. The van der Waals surface area contributed by atoms with Crippen molar-refractivity contribution in [2.75, 3.05) is 38.0 Å². The summed E-state index contributed by atoms with van der Waals surface area (Å²) in [6.45, 7) is 8.31. The number of nitrogens with one attached hydrogen (secondary N) is 4. The summed E-state index contributed by atoms with van der Waals surface area (Å²) in [4.78, 5) is 27.7. The van der Waals surface area contributed by atoms with E-state index in [2.05, 4.69) is 17.6 Å². The summed E-state index contributed by atoms with van der Waals surface area (Å²) in [6, 6.07) is 7.58. The first kappa shape index (κ1) is 22.1. The molecule has 0 radical (unpaired) electrons. The van der Waals surface area contributed by atoms with E-state index < -0.39 is 0 Å². The fourth-order valence-corrected chi connectivity index (χ4v) is 4.73. The maximum Gasteiger partial charge on any atom is 0.279 e. The van der Waals surface area contributed by atoms with Gasteiger partial charge in [0.1, 0.15) is 26.2 Å². The largest absolute Gasteiger partial charge is 0.348 e. The molecule has 1 aliphatic heterocycles. The van der Waals surface area contributed by atoms with Gasteiger partial charge in [-0.2, -0.15) is 0 Å². The highest BCUT2D eigenvalue weighted by Gasteiger charge is 2.33. The molecule has 1 heterocycles. The molecular weight excluding hydrogens is 388 g/mol. The quantitative estimate of drug-likeness (QED) is 0.527. The molecule has 6 nitrogen and oxygen atoms in total. The lowest BCUT2D eigenvalue weighted by molar-refractivity contribution is -1.01. The first-order valence-electron chi connectivity index (χ1n) is 11.0. The van der Waals surface area contributed by atoms with E-state index in [0.717, 1.165) is 32.6 Å². The van der Waals surface area contributed by atoms with Crippen LogP contribution in [0.4, 0.5) is 5.69 Å². The molecule has 3 rings (SSSR count). The van der Waals surface area contributed by atoms with Crippen molar-refractivity contribution in [1.29, 1.82) is 0 Å². The minimum atomic E-state index is -0.0392. The molecule has 1 aromatic rings. The second-order valence-corrected chi connectivity index (χ2v) is 9.12. The Labute approximate surface area is 179 Å². The zero-order valence-corrected chi connectivity index (χ0v) is 18.4. The van der Waals surface area contributed by atoms with Gasteiger partial charge in [0.05, 0.1) is 10.7 Å². The molecule has 0 aromatic heterocycles. The SMILES string of the molecule is C[C@@H]1CCCC[C@H]1NC(=O)[C@@H](C)[NH+]1CC[NH+](CC(=O)Nc2ccccc2Cl)CC1. The van der Waals surface area contributed by atoms with Gasteiger partial charge in [0, 0.05) is 6.04 Å².